The molecule has 0 saturated carbocycles. The van der Waals surface area contributed by atoms with Gasteiger partial charge >= 0.3 is 0 Å². The summed E-state index contributed by atoms with van der Waals surface area (Å²) in [5.74, 6) is -0.0526. The molecular weight excluding hydrogens is 512 g/mol. The lowest BCUT2D eigenvalue weighted by Gasteiger charge is -2.22. The van der Waals surface area contributed by atoms with E-state index in [0.29, 0.717) is 43.5 Å². The molecule has 0 spiro atoms. The van der Waals surface area contributed by atoms with E-state index in [4.69, 9.17) is 4.63 Å². The fraction of sp³-hybridized carbons (Fsp3) is 0.900. The first-order chi connectivity index (χ1) is 19.5. The van der Waals surface area contributed by atoms with E-state index in [1.807, 2.05) is 0 Å². The second kappa shape index (κ2) is 20.8. The molecular formula is C30H54N4O6. The number of hydrogen-bond donors (Lipinski definition) is 3. The molecule has 4 atom stereocenters. The summed E-state index contributed by atoms with van der Waals surface area (Å²) in [6.07, 6.45) is 21.1. The molecule has 0 fully saturated rings. The Labute approximate surface area is 240 Å². The van der Waals surface area contributed by atoms with Crippen LogP contribution < -0.4 is 5.32 Å². The Morgan fingerprint density at radius 3 is 2.10 bits per heavy atom. The number of nitrogens with one attached hydrogen (secondary N) is 1. The molecule has 1 heterocycles. The normalized spacial score (nSPS) is 18.3. The van der Waals surface area contributed by atoms with Gasteiger partial charge in [-0.2, -0.15) is 0 Å². The van der Waals surface area contributed by atoms with Gasteiger partial charge in [-0.3, -0.25) is 14.9 Å². The van der Waals surface area contributed by atoms with E-state index in [9.17, 15) is 25.1 Å². The van der Waals surface area contributed by atoms with Crippen molar-refractivity contribution in [3.8, 4) is 0 Å². The minimum Gasteiger partial charge on any atom is -0.394 e. The van der Waals surface area contributed by atoms with Crippen LogP contribution in [0.25, 0.3) is 0 Å². The van der Waals surface area contributed by atoms with Gasteiger partial charge in [0.05, 0.1) is 18.8 Å². The van der Waals surface area contributed by atoms with E-state index < -0.39 is 18.2 Å². The molecule has 1 amide bonds. The summed E-state index contributed by atoms with van der Waals surface area (Å²) in [4.78, 5) is 23.3. The summed E-state index contributed by atoms with van der Waals surface area (Å²) in [6.45, 7) is 1.98. The van der Waals surface area contributed by atoms with Crippen LogP contribution in [0.1, 0.15) is 165 Å². The zero-order chi connectivity index (χ0) is 29.0. The Kier molecular flexibility index (Phi) is 17.7. The second-order valence-corrected chi connectivity index (χ2v) is 11.7. The van der Waals surface area contributed by atoms with Gasteiger partial charge in [-0.1, -0.05) is 108 Å². The number of hydrogen-bond acceptors (Lipinski definition) is 8. The van der Waals surface area contributed by atoms with Crippen molar-refractivity contribution in [1.82, 2.24) is 15.6 Å². The van der Waals surface area contributed by atoms with Crippen LogP contribution in [-0.4, -0.2) is 50.1 Å². The highest BCUT2D eigenvalue weighted by molar-refractivity contribution is 5.76. The molecule has 40 heavy (non-hydrogen) atoms. The molecule has 1 aromatic heterocycles. The number of nitro groups is 1. The monoisotopic (exact) mass is 566 g/mol. The predicted octanol–water partition coefficient (Wildman–Crippen LogP) is 6.53. The van der Waals surface area contributed by atoms with Crippen molar-refractivity contribution in [3.05, 3.63) is 21.5 Å². The van der Waals surface area contributed by atoms with E-state index in [1.54, 1.807) is 0 Å². The van der Waals surface area contributed by atoms with Gasteiger partial charge in [0.2, 0.25) is 5.91 Å². The Morgan fingerprint density at radius 2 is 1.50 bits per heavy atom. The molecule has 10 nitrogen and oxygen atoms in total. The summed E-state index contributed by atoms with van der Waals surface area (Å²) in [7, 11) is 0. The van der Waals surface area contributed by atoms with Crippen LogP contribution >= 0.6 is 0 Å². The number of amides is 1. The lowest BCUT2D eigenvalue weighted by molar-refractivity contribution is -0.532. The third-order valence-electron chi connectivity index (χ3n) is 8.35. The highest BCUT2D eigenvalue weighted by atomic mass is 16.6. The molecule has 1 aliphatic carbocycles. The molecule has 1 aromatic rings. The zero-order valence-electron chi connectivity index (χ0n) is 24.7. The van der Waals surface area contributed by atoms with E-state index in [2.05, 4.69) is 22.6 Å². The van der Waals surface area contributed by atoms with Crippen LogP contribution in [0.15, 0.2) is 4.63 Å². The Bertz CT molecular complexity index is 820. The molecule has 0 bridgehead atoms. The topological polar surface area (TPSA) is 152 Å². The van der Waals surface area contributed by atoms with Gasteiger partial charge in [0.25, 0.3) is 6.04 Å². The fourth-order valence-electron chi connectivity index (χ4n) is 5.80. The van der Waals surface area contributed by atoms with Crippen LogP contribution in [0.5, 0.6) is 0 Å². The molecule has 2 rings (SSSR count). The largest absolute Gasteiger partial charge is 0.394 e. The van der Waals surface area contributed by atoms with E-state index in [-0.39, 0.29) is 23.4 Å². The molecule has 3 N–H and O–H groups in total. The molecule has 0 unspecified atom stereocenters. The van der Waals surface area contributed by atoms with Crippen LogP contribution in [0.2, 0.25) is 0 Å². The second-order valence-electron chi connectivity index (χ2n) is 11.7. The number of aliphatic hydroxyl groups is 2. The van der Waals surface area contributed by atoms with Crippen molar-refractivity contribution in [1.29, 1.82) is 0 Å². The van der Waals surface area contributed by atoms with Crippen LogP contribution in [-0.2, 0) is 4.79 Å². The van der Waals surface area contributed by atoms with Gasteiger partial charge in [0.1, 0.15) is 5.69 Å². The first-order valence-corrected chi connectivity index (χ1v) is 16.0. The summed E-state index contributed by atoms with van der Waals surface area (Å²) in [6, 6.07) is -1.46. The number of fused-ring (bicyclic) bond motifs is 1. The van der Waals surface area contributed by atoms with Crippen molar-refractivity contribution in [2.75, 3.05) is 6.61 Å². The SMILES string of the molecule is CCCCCCCCCCCCCCC[C@@H](O)[C@H](CO)NC(=O)CCCCC[C@@H]1CC[C@H]([N+](=O)[O-])c2nonc21. The third kappa shape index (κ3) is 13.1. The molecule has 1 aliphatic rings. The number of aromatic nitrogens is 2. The average Bonchev–Trinajstić information content (AvgIpc) is 3.44. The van der Waals surface area contributed by atoms with E-state index >= 15 is 0 Å². The smallest absolute Gasteiger partial charge is 0.260 e. The Balaban J connectivity index is 1.48. The lowest BCUT2D eigenvalue weighted by Crippen LogP contribution is -2.45. The van der Waals surface area contributed by atoms with Gasteiger partial charge in [-0.25, -0.2) is 4.63 Å². The number of unbranched alkanes of at least 4 members (excludes halogenated alkanes) is 14. The summed E-state index contributed by atoms with van der Waals surface area (Å²) < 4.78 is 4.78. The third-order valence-corrected chi connectivity index (χ3v) is 8.35. The summed E-state index contributed by atoms with van der Waals surface area (Å²) in [5, 5.41) is 41.8. The first kappa shape index (κ1) is 34.1. The molecule has 0 aliphatic heterocycles. The Morgan fingerprint density at radius 1 is 0.925 bits per heavy atom. The quantitative estimate of drug-likeness (QED) is 0.0725. The van der Waals surface area contributed by atoms with E-state index in [1.165, 1.54) is 70.6 Å². The highest BCUT2D eigenvalue weighted by Gasteiger charge is 2.38. The molecule has 0 radical (unpaired) electrons. The number of carbonyl (C=O) groups excluding carboxylic acids is 1. The zero-order valence-corrected chi connectivity index (χ0v) is 24.7. The van der Waals surface area contributed by atoms with Gasteiger partial charge in [-0.05, 0) is 30.8 Å². The minimum atomic E-state index is -0.833. The predicted molar refractivity (Wildman–Crippen MR) is 154 cm³/mol. The highest BCUT2D eigenvalue weighted by Crippen LogP contribution is 2.39. The number of aliphatic hydroxyl groups excluding tert-OH is 2. The van der Waals surface area contributed by atoms with Crippen LogP contribution in [0.3, 0.4) is 0 Å². The van der Waals surface area contributed by atoms with Crippen LogP contribution in [0.4, 0.5) is 0 Å². The lowest BCUT2D eigenvalue weighted by atomic mass is 9.84. The standard InChI is InChI=1S/C30H54N4O6/c1-2-3-4-5-6-7-8-9-10-11-12-13-16-19-27(36)25(23-35)31-28(37)20-17-14-15-18-24-21-22-26(34(38)39)30-29(24)32-40-33-30/h24-27,35-36H,2-23H2,1H3,(H,31,37)/t24-,25+,26+,27-/m1/s1. The Hall–Kier alpha value is -2.07. The molecule has 0 saturated heterocycles. The van der Waals surface area contributed by atoms with Crippen molar-refractivity contribution in [3.63, 3.8) is 0 Å². The van der Waals surface area contributed by atoms with Gasteiger partial charge < -0.3 is 15.5 Å². The van der Waals surface area contributed by atoms with Gasteiger partial charge in [0.15, 0.2) is 5.69 Å². The number of rotatable bonds is 24. The van der Waals surface area contributed by atoms with Gasteiger partial charge in [-0.15, -0.1) is 0 Å². The average molecular weight is 567 g/mol. The minimum absolute atomic E-state index is 0.102. The number of carbonyl (C=O) groups is 1. The maximum atomic E-state index is 12.4. The van der Waals surface area contributed by atoms with Crippen molar-refractivity contribution < 1.29 is 24.6 Å². The van der Waals surface area contributed by atoms with Crippen molar-refractivity contribution in [2.45, 2.75) is 166 Å². The van der Waals surface area contributed by atoms with E-state index in [0.717, 1.165) is 32.1 Å². The van der Waals surface area contributed by atoms with Crippen molar-refractivity contribution >= 4 is 5.91 Å². The maximum Gasteiger partial charge on any atom is 0.260 e. The summed E-state index contributed by atoms with van der Waals surface area (Å²) >= 11 is 0. The summed E-state index contributed by atoms with van der Waals surface area (Å²) in [5.41, 5.74) is 0.960. The molecule has 230 valence electrons. The van der Waals surface area contributed by atoms with Crippen molar-refractivity contribution in [2.24, 2.45) is 0 Å². The van der Waals surface area contributed by atoms with Crippen LogP contribution in [0, 0.1) is 10.1 Å². The number of nitrogens with zero attached hydrogens (tertiary/aromatic N) is 3. The maximum absolute atomic E-state index is 12.4. The fourth-order valence-corrected chi connectivity index (χ4v) is 5.80. The van der Waals surface area contributed by atoms with Gasteiger partial charge in [0, 0.05) is 23.7 Å². The first-order valence-electron chi connectivity index (χ1n) is 16.0. The molecule has 10 heteroatoms. The molecule has 0 aromatic carbocycles.